The highest BCUT2D eigenvalue weighted by molar-refractivity contribution is 6.31. The number of nitrogens with zero attached hydrogens (tertiary/aromatic N) is 2. The SMILES string of the molecule is CCC1C(=O)NCCN1Cc1nc(NC)ccc1Cl. The summed E-state index contributed by atoms with van der Waals surface area (Å²) >= 11 is 6.18. The number of halogens is 1. The summed E-state index contributed by atoms with van der Waals surface area (Å²) in [4.78, 5) is 18.4. The van der Waals surface area contributed by atoms with Gasteiger partial charge >= 0.3 is 0 Å². The van der Waals surface area contributed by atoms with Crippen molar-refractivity contribution in [2.75, 3.05) is 25.5 Å². The van der Waals surface area contributed by atoms with Crippen LogP contribution in [0.2, 0.25) is 5.02 Å². The van der Waals surface area contributed by atoms with Crippen LogP contribution in [0.15, 0.2) is 12.1 Å². The van der Waals surface area contributed by atoms with E-state index in [0.717, 1.165) is 24.5 Å². The summed E-state index contributed by atoms with van der Waals surface area (Å²) in [7, 11) is 1.82. The van der Waals surface area contributed by atoms with Gasteiger partial charge in [0.05, 0.1) is 16.8 Å². The van der Waals surface area contributed by atoms with Crippen LogP contribution in [0.3, 0.4) is 0 Å². The number of nitrogens with one attached hydrogen (secondary N) is 2. The van der Waals surface area contributed by atoms with E-state index in [4.69, 9.17) is 11.6 Å². The van der Waals surface area contributed by atoms with Gasteiger partial charge in [-0.3, -0.25) is 9.69 Å². The van der Waals surface area contributed by atoms with Crippen LogP contribution in [0.4, 0.5) is 5.82 Å². The van der Waals surface area contributed by atoms with E-state index in [1.54, 1.807) is 0 Å². The van der Waals surface area contributed by atoms with Crippen LogP contribution in [0.25, 0.3) is 0 Å². The first-order chi connectivity index (χ1) is 9.15. The van der Waals surface area contributed by atoms with E-state index in [2.05, 4.69) is 20.5 Å². The van der Waals surface area contributed by atoms with Crippen molar-refractivity contribution in [1.82, 2.24) is 15.2 Å². The zero-order chi connectivity index (χ0) is 13.8. The molecule has 6 heteroatoms. The smallest absolute Gasteiger partial charge is 0.237 e. The Hall–Kier alpha value is -1.33. The maximum atomic E-state index is 11.8. The van der Waals surface area contributed by atoms with Crippen molar-refractivity contribution in [1.29, 1.82) is 0 Å². The highest BCUT2D eigenvalue weighted by Gasteiger charge is 2.28. The number of amides is 1. The van der Waals surface area contributed by atoms with E-state index in [1.165, 1.54) is 0 Å². The number of hydrogen-bond acceptors (Lipinski definition) is 4. The van der Waals surface area contributed by atoms with Crippen LogP contribution in [-0.2, 0) is 11.3 Å². The number of hydrogen-bond donors (Lipinski definition) is 2. The van der Waals surface area contributed by atoms with E-state index in [0.29, 0.717) is 18.1 Å². The molecule has 5 nitrogen and oxygen atoms in total. The van der Waals surface area contributed by atoms with Gasteiger partial charge in [-0.15, -0.1) is 0 Å². The topological polar surface area (TPSA) is 57.3 Å². The van der Waals surface area contributed by atoms with Crippen molar-refractivity contribution in [3.63, 3.8) is 0 Å². The van der Waals surface area contributed by atoms with Crippen molar-refractivity contribution < 1.29 is 4.79 Å². The zero-order valence-electron chi connectivity index (χ0n) is 11.2. The quantitative estimate of drug-likeness (QED) is 0.878. The van der Waals surface area contributed by atoms with Gasteiger partial charge in [-0.2, -0.15) is 0 Å². The predicted molar refractivity (Wildman–Crippen MR) is 76.3 cm³/mol. The minimum Gasteiger partial charge on any atom is -0.373 e. The first-order valence-corrected chi connectivity index (χ1v) is 6.88. The molecule has 0 radical (unpaired) electrons. The normalized spacial score (nSPS) is 20.2. The Labute approximate surface area is 118 Å². The fraction of sp³-hybridized carbons (Fsp3) is 0.538. The lowest BCUT2D eigenvalue weighted by atomic mass is 10.1. The Morgan fingerprint density at radius 2 is 2.37 bits per heavy atom. The summed E-state index contributed by atoms with van der Waals surface area (Å²) in [6.45, 7) is 4.12. The summed E-state index contributed by atoms with van der Waals surface area (Å²) in [6.07, 6.45) is 0.787. The van der Waals surface area contributed by atoms with Crippen LogP contribution in [0.5, 0.6) is 0 Å². The Kier molecular flexibility index (Phi) is 4.61. The van der Waals surface area contributed by atoms with E-state index in [-0.39, 0.29) is 11.9 Å². The average Bonchev–Trinajstić information content (AvgIpc) is 2.41. The van der Waals surface area contributed by atoms with Gasteiger partial charge in [-0.25, -0.2) is 4.98 Å². The van der Waals surface area contributed by atoms with Crippen LogP contribution in [0.1, 0.15) is 19.0 Å². The molecular formula is C13H19ClN4O. The molecule has 0 spiro atoms. The number of rotatable bonds is 4. The molecule has 1 amide bonds. The van der Waals surface area contributed by atoms with Gasteiger partial charge in [0.15, 0.2) is 0 Å². The number of piperazine rings is 1. The molecule has 0 saturated carbocycles. The number of carbonyl (C=O) groups excluding carboxylic acids is 1. The summed E-state index contributed by atoms with van der Waals surface area (Å²) in [5.74, 6) is 0.878. The molecule has 1 aromatic heterocycles. The molecule has 1 aliphatic rings. The molecule has 19 heavy (non-hydrogen) atoms. The molecule has 2 rings (SSSR count). The van der Waals surface area contributed by atoms with Crippen LogP contribution in [-0.4, -0.2) is 42.0 Å². The third kappa shape index (κ3) is 3.16. The average molecular weight is 283 g/mol. The highest BCUT2D eigenvalue weighted by atomic mass is 35.5. The van der Waals surface area contributed by atoms with Crippen molar-refractivity contribution >= 4 is 23.3 Å². The van der Waals surface area contributed by atoms with Crippen LogP contribution >= 0.6 is 11.6 Å². The van der Waals surface area contributed by atoms with E-state index in [1.807, 2.05) is 26.1 Å². The Balaban J connectivity index is 2.17. The highest BCUT2D eigenvalue weighted by Crippen LogP contribution is 2.20. The second kappa shape index (κ2) is 6.21. The van der Waals surface area contributed by atoms with Gasteiger partial charge in [-0.05, 0) is 18.6 Å². The van der Waals surface area contributed by atoms with E-state index >= 15 is 0 Å². The maximum Gasteiger partial charge on any atom is 0.237 e. The molecule has 0 bridgehead atoms. The van der Waals surface area contributed by atoms with E-state index in [9.17, 15) is 4.79 Å². The van der Waals surface area contributed by atoms with Gasteiger partial charge in [-0.1, -0.05) is 18.5 Å². The molecule has 104 valence electrons. The lowest BCUT2D eigenvalue weighted by Crippen LogP contribution is -2.54. The zero-order valence-corrected chi connectivity index (χ0v) is 12.0. The molecule has 1 atom stereocenters. The van der Waals surface area contributed by atoms with Crippen LogP contribution in [0, 0.1) is 0 Å². The molecule has 1 saturated heterocycles. The molecule has 1 unspecified atom stereocenters. The Bertz CT molecular complexity index is 466. The molecular weight excluding hydrogens is 264 g/mol. The van der Waals surface area contributed by atoms with E-state index < -0.39 is 0 Å². The predicted octanol–water partition coefficient (Wildman–Crippen LogP) is 1.49. The third-order valence-corrected chi connectivity index (χ3v) is 3.70. The fourth-order valence-corrected chi connectivity index (χ4v) is 2.49. The first-order valence-electron chi connectivity index (χ1n) is 6.50. The number of carbonyl (C=O) groups is 1. The Morgan fingerprint density at radius 1 is 1.58 bits per heavy atom. The van der Waals surface area contributed by atoms with Crippen molar-refractivity contribution in [2.24, 2.45) is 0 Å². The maximum absolute atomic E-state index is 11.8. The second-order valence-electron chi connectivity index (χ2n) is 4.56. The lowest BCUT2D eigenvalue weighted by Gasteiger charge is -2.34. The van der Waals surface area contributed by atoms with Gasteiger partial charge < -0.3 is 10.6 Å². The first kappa shape index (κ1) is 14.1. The third-order valence-electron chi connectivity index (χ3n) is 3.36. The van der Waals surface area contributed by atoms with Crippen molar-refractivity contribution in [3.05, 3.63) is 22.8 Å². The second-order valence-corrected chi connectivity index (χ2v) is 4.97. The Morgan fingerprint density at radius 3 is 3.05 bits per heavy atom. The number of pyridine rings is 1. The van der Waals surface area contributed by atoms with Gasteiger partial charge in [0.1, 0.15) is 5.82 Å². The molecule has 1 aliphatic heterocycles. The molecule has 1 aromatic rings. The van der Waals surface area contributed by atoms with Crippen molar-refractivity contribution in [2.45, 2.75) is 25.9 Å². The molecule has 0 aromatic carbocycles. The summed E-state index contributed by atoms with van der Waals surface area (Å²) in [5.41, 5.74) is 0.807. The minimum absolute atomic E-state index is 0.0923. The lowest BCUT2D eigenvalue weighted by molar-refractivity contribution is -0.129. The fourth-order valence-electron chi connectivity index (χ4n) is 2.32. The summed E-state index contributed by atoms with van der Waals surface area (Å²) < 4.78 is 0. The number of aromatic nitrogens is 1. The molecule has 1 fully saturated rings. The van der Waals surface area contributed by atoms with Gasteiger partial charge in [0.2, 0.25) is 5.91 Å². The van der Waals surface area contributed by atoms with Crippen molar-refractivity contribution in [3.8, 4) is 0 Å². The van der Waals surface area contributed by atoms with Gasteiger partial charge in [0, 0.05) is 26.7 Å². The molecule has 0 aliphatic carbocycles. The monoisotopic (exact) mass is 282 g/mol. The summed E-state index contributed by atoms with van der Waals surface area (Å²) in [6, 6.07) is 3.58. The largest absolute Gasteiger partial charge is 0.373 e. The molecule has 2 heterocycles. The minimum atomic E-state index is -0.0927. The summed E-state index contributed by atoms with van der Waals surface area (Å²) in [5, 5.41) is 6.53. The van der Waals surface area contributed by atoms with Crippen LogP contribution < -0.4 is 10.6 Å². The number of anilines is 1. The van der Waals surface area contributed by atoms with Gasteiger partial charge in [0.25, 0.3) is 0 Å². The standard InChI is InChI=1S/C13H19ClN4O/c1-3-11-13(19)16-6-7-18(11)8-10-9(14)4-5-12(15-2)17-10/h4-5,11H,3,6-8H2,1-2H3,(H,15,17)(H,16,19). The molecule has 2 N–H and O–H groups in total.